The highest BCUT2D eigenvalue weighted by atomic mass is 16.5. The van der Waals surface area contributed by atoms with Crippen molar-refractivity contribution in [1.82, 2.24) is 15.3 Å². The number of amides is 1. The van der Waals surface area contributed by atoms with E-state index in [9.17, 15) is 15.0 Å². The van der Waals surface area contributed by atoms with Gasteiger partial charge in [-0.05, 0) is 47.4 Å². The molecule has 0 spiro atoms. The Kier molecular flexibility index (Phi) is 6.83. The Balaban J connectivity index is 1.71. The van der Waals surface area contributed by atoms with Gasteiger partial charge in [0, 0.05) is 17.5 Å². The number of aromatic hydroxyl groups is 2. The summed E-state index contributed by atoms with van der Waals surface area (Å²) in [7, 11) is 0. The first-order valence-corrected chi connectivity index (χ1v) is 11.1. The van der Waals surface area contributed by atoms with Crippen molar-refractivity contribution < 1.29 is 19.7 Å². The maximum Gasteiger partial charge on any atom is 0.289 e. The second-order valence-corrected chi connectivity index (χ2v) is 8.35. The zero-order chi connectivity index (χ0) is 24.9. The number of carbonyl (C=O) groups is 1. The Morgan fingerprint density at radius 1 is 1.03 bits per heavy atom. The van der Waals surface area contributed by atoms with E-state index in [1.165, 1.54) is 17.7 Å². The van der Waals surface area contributed by atoms with Gasteiger partial charge in [-0.1, -0.05) is 50.1 Å². The number of phenolic OH excluding ortho intramolecular Hbond substituents is 2. The minimum atomic E-state index is -0.466. The van der Waals surface area contributed by atoms with Crippen molar-refractivity contribution in [1.29, 1.82) is 0 Å². The van der Waals surface area contributed by atoms with E-state index in [-0.39, 0.29) is 30.5 Å². The van der Waals surface area contributed by atoms with Crippen molar-refractivity contribution in [2.45, 2.75) is 26.3 Å². The van der Waals surface area contributed by atoms with Crippen molar-refractivity contribution in [3.63, 3.8) is 0 Å². The number of rotatable bonds is 7. The normalized spacial score (nSPS) is 10.8. The van der Waals surface area contributed by atoms with Crippen molar-refractivity contribution in [2.24, 2.45) is 0 Å². The van der Waals surface area contributed by atoms with Crippen LogP contribution in [-0.4, -0.2) is 32.7 Å². The largest absolute Gasteiger partial charge is 0.504 e. The lowest BCUT2D eigenvalue weighted by Crippen LogP contribution is -2.25. The fourth-order valence-corrected chi connectivity index (χ4v) is 3.61. The van der Waals surface area contributed by atoms with E-state index >= 15 is 0 Å². The lowest BCUT2D eigenvalue weighted by atomic mass is 9.99. The van der Waals surface area contributed by atoms with Gasteiger partial charge in [-0.3, -0.25) is 4.79 Å². The van der Waals surface area contributed by atoms with E-state index in [0.717, 1.165) is 10.9 Å². The SMILES string of the molecule is C#CCOc1ccc2nc(C(=O)NCc3ccc(O)c(O)c3)nc(-c3ccc(C(C)C)cc3)c2c1. The molecule has 4 aromatic rings. The Hall–Kier alpha value is -4.57. The predicted molar refractivity (Wildman–Crippen MR) is 134 cm³/mol. The zero-order valence-corrected chi connectivity index (χ0v) is 19.4. The molecule has 7 nitrogen and oxygen atoms in total. The summed E-state index contributed by atoms with van der Waals surface area (Å²) in [5.74, 6) is 2.49. The quantitative estimate of drug-likeness (QED) is 0.267. The van der Waals surface area contributed by atoms with Crippen molar-refractivity contribution >= 4 is 16.8 Å². The Morgan fingerprint density at radius 3 is 2.49 bits per heavy atom. The van der Waals surface area contributed by atoms with Crippen LogP contribution >= 0.6 is 0 Å². The van der Waals surface area contributed by atoms with Crippen LogP contribution in [0, 0.1) is 12.3 Å². The molecule has 1 aromatic heterocycles. The standard InChI is InChI=1S/C28H25N3O4/c1-4-13-35-21-10-11-23-22(15-21)26(20-8-6-19(7-9-20)17(2)3)31-27(30-23)28(34)29-16-18-5-12-24(32)25(33)14-18/h1,5-12,14-15,17,32-33H,13,16H2,2-3H3,(H,29,34). The van der Waals surface area contributed by atoms with Crippen LogP contribution in [0.15, 0.2) is 60.7 Å². The zero-order valence-electron chi connectivity index (χ0n) is 19.4. The highest BCUT2D eigenvalue weighted by Crippen LogP contribution is 2.30. The van der Waals surface area contributed by atoms with Gasteiger partial charge < -0.3 is 20.3 Å². The fourth-order valence-electron chi connectivity index (χ4n) is 3.61. The fraction of sp³-hybridized carbons (Fsp3) is 0.179. The number of benzene rings is 3. The van der Waals surface area contributed by atoms with Gasteiger partial charge in [0.25, 0.3) is 5.91 Å². The average Bonchev–Trinajstić information content (AvgIpc) is 2.87. The third kappa shape index (κ3) is 5.33. The number of hydrogen-bond donors (Lipinski definition) is 3. The van der Waals surface area contributed by atoms with E-state index in [2.05, 4.69) is 35.1 Å². The van der Waals surface area contributed by atoms with Crippen LogP contribution in [-0.2, 0) is 6.54 Å². The van der Waals surface area contributed by atoms with Crippen molar-refractivity contribution in [3.05, 3.63) is 77.6 Å². The third-order valence-corrected chi connectivity index (χ3v) is 5.54. The van der Waals surface area contributed by atoms with Crippen molar-refractivity contribution in [3.8, 4) is 40.8 Å². The number of hydrogen-bond acceptors (Lipinski definition) is 6. The first-order chi connectivity index (χ1) is 16.9. The predicted octanol–water partition coefficient (Wildman–Crippen LogP) is 4.77. The van der Waals surface area contributed by atoms with E-state index in [1.54, 1.807) is 18.2 Å². The van der Waals surface area contributed by atoms with Crippen LogP contribution in [0.2, 0.25) is 0 Å². The summed E-state index contributed by atoms with van der Waals surface area (Å²) in [5, 5.41) is 22.7. The number of nitrogens with zero attached hydrogens (tertiary/aromatic N) is 2. The highest BCUT2D eigenvalue weighted by molar-refractivity contribution is 5.98. The molecule has 7 heteroatoms. The van der Waals surface area contributed by atoms with Gasteiger partial charge >= 0.3 is 0 Å². The summed E-state index contributed by atoms with van der Waals surface area (Å²) in [6.07, 6.45) is 5.32. The molecule has 0 aliphatic carbocycles. The number of ether oxygens (including phenoxy) is 1. The van der Waals surface area contributed by atoms with E-state index < -0.39 is 5.91 Å². The molecule has 0 bridgehead atoms. The molecule has 3 N–H and O–H groups in total. The summed E-state index contributed by atoms with van der Waals surface area (Å²) < 4.78 is 5.58. The van der Waals surface area contributed by atoms with Gasteiger partial charge in [-0.2, -0.15) is 0 Å². The Morgan fingerprint density at radius 2 is 1.80 bits per heavy atom. The number of fused-ring (bicyclic) bond motifs is 1. The van der Waals surface area contributed by atoms with Gasteiger partial charge in [-0.15, -0.1) is 6.42 Å². The maximum absolute atomic E-state index is 13.0. The summed E-state index contributed by atoms with van der Waals surface area (Å²) in [6, 6.07) is 17.7. The molecule has 0 unspecified atom stereocenters. The molecule has 1 heterocycles. The molecule has 35 heavy (non-hydrogen) atoms. The molecule has 0 saturated heterocycles. The minimum Gasteiger partial charge on any atom is -0.504 e. The summed E-state index contributed by atoms with van der Waals surface area (Å²) in [5.41, 5.74) is 3.84. The van der Waals surface area contributed by atoms with Gasteiger partial charge in [0.1, 0.15) is 12.4 Å². The number of carbonyl (C=O) groups excluding carboxylic acids is 1. The molecule has 3 aromatic carbocycles. The van der Waals surface area contributed by atoms with Crippen LogP contribution in [0.1, 0.15) is 41.5 Å². The van der Waals surface area contributed by atoms with E-state index in [0.29, 0.717) is 28.4 Å². The molecule has 0 aliphatic rings. The minimum absolute atomic E-state index is 0.0146. The molecule has 4 rings (SSSR count). The molecule has 0 fully saturated rings. The monoisotopic (exact) mass is 467 g/mol. The van der Waals surface area contributed by atoms with Crippen LogP contribution in [0.25, 0.3) is 22.2 Å². The molecule has 0 radical (unpaired) electrons. The topological polar surface area (TPSA) is 105 Å². The first kappa shape index (κ1) is 23.6. The Bertz CT molecular complexity index is 1420. The van der Waals surface area contributed by atoms with Gasteiger partial charge in [-0.25, -0.2) is 9.97 Å². The van der Waals surface area contributed by atoms with Gasteiger partial charge in [0.05, 0.1) is 11.2 Å². The lowest BCUT2D eigenvalue weighted by molar-refractivity contribution is 0.0941. The second kappa shape index (κ2) is 10.1. The van der Waals surface area contributed by atoms with Crippen LogP contribution in [0.5, 0.6) is 17.2 Å². The summed E-state index contributed by atoms with van der Waals surface area (Å²) >= 11 is 0. The smallest absolute Gasteiger partial charge is 0.289 e. The van der Waals surface area contributed by atoms with Crippen LogP contribution < -0.4 is 10.1 Å². The van der Waals surface area contributed by atoms with E-state index in [4.69, 9.17) is 11.2 Å². The molecule has 0 aliphatic heterocycles. The second-order valence-electron chi connectivity index (χ2n) is 8.35. The molecule has 1 amide bonds. The van der Waals surface area contributed by atoms with Crippen LogP contribution in [0.3, 0.4) is 0 Å². The summed E-state index contributed by atoms with van der Waals surface area (Å²) in [4.78, 5) is 22.0. The van der Waals surface area contributed by atoms with Gasteiger partial charge in [0.2, 0.25) is 5.82 Å². The van der Waals surface area contributed by atoms with Gasteiger partial charge in [0.15, 0.2) is 11.5 Å². The molecular formula is C28H25N3O4. The molecule has 176 valence electrons. The molecule has 0 saturated carbocycles. The Labute approximate surface area is 203 Å². The number of phenols is 2. The molecular weight excluding hydrogens is 442 g/mol. The van der Waals surface area contributed by atoms with Crippen LogP contribution in [0.4, 0.5) is 0 Å². The van der Waals surface area contributed by atoms with Crippen molar-refractivity contribution in [2.75, 3.05) is 6.61 Å². The first-order valence-electron chi connectivity index (χ1n) is 11.1. The lowest BCUT2D eigenvalue weighted by Gasteiger charge is -2.12. The number of terminal acetylenes is 1. The highest BCUT2D eigenvalue weighted by Gasteiger charge is 2.16. The van der Waals surface area contributed by atoms with E-state index in [1.807, 2.05) is 30.3 Å². The summed E-state index contributed by atoms with van der Waals surface area (Å²) in [6.45, 7) is 4.52. The number of aromatic nitrogens is 2. The average molecular weight is 468 g/mol. The third-order valence-electron chi connectivity index (χ3n) is 5.54. The molecule has 0 atom stereocenters. The number of nitrogens with one attached hydrogen (secondary N) is 1. The maximum atomic E-state index is 13.0.